The van der Waals surface area contributed by atoms with Gasteiger partial charge in [0.15, 0.2) is 11.0 Å². The van der Waals surface area contributed by atoms with E-state index in [2.05, 4.69) is 27.3 Å². The minimum atomic E-state index is -0.0910. The molecule has 1 N–H and O–H groups in total. The van der Waals surface area contributed by atoms with E-state index in [0.29, 0.717) is 10.2 Å². The van der Waals surface area contributed by atoms with Crippen molar-refractivity contribution in [1.29, 1.82) is 0 Å². The quantitative estimate of drug-likeness (QED) is 0.557. The molecule has 0 aliphatic carbocycles. The van der Waals surface area contributed by atoms with E-state index in [1.54, 1.807) is 0 Å². The van der Waals surface area contributed by atoms with Crippen molar-refractivity contribution in [2.24, 2.45) is 0 Å². The fourth-order valence-corrected chi connectivity index (χ4v) is 3.56. The van der Waals surface area contributed by atoms with Crippen molar-refractivity contribution < 1.29 is 4.79 Å². The van der Waals surface area contributed by atoms with Crippen LogP contribution in [0.4, 0.5) is 5.69 Å². The lowest BCUT2D eigenvalue weighted by Gasteiger charge is -2.20. The van der Waals surface area contributed by atoms with Gasteiger partial charge in [0.05, 0.1) is 11.8 Å². The van der Waals surface area contributed by atoms with E-state index in [-0.39, 0.29) is 17.7 Å². The second-order valence-corrected chi connectivity index (χ2v) is 8.37. The van der Waals surface area contributed by atoms with Gasteiger partial charge < -0.3 is 5.32 Å². The smallest absolute Gasteiger partial charge is 0.234 e. The molecule has 0 aliphatic heterocycles. The lowest BCUT2D eigenvalue weighted by Crippen LogP contribution is -2.21. The number of nitrogens with zero attached hydrogens (tertiary/aromatic N) is 4. The topological polar surface area (TPSA) is 63.1 Å². The van der Waals surface area contributed by atoms with Crippen LogP contribution < -0.4 is 5.32 Å². The van der Waals surface area contributed by atoms with Crippen molar-refractivity contribution in [2.45, 2.75) is 25.0 Å². The van der Waals surface area contributed by atoms with E-state index >= 15 is 0 Å². The Morgan fingerprint density at radius 3 is 2.41 bits per heavy atom. The Kier molecular flexibility index (Phi) is 6.95. The molecule has 152 valence electrons. The second kappa shape index (κ2) is 9.43. The number of amides is 1. The lowest BCUT2D eigenvalue weighted by atomic mass is 10.2. The maximum Gasteiger partial charge on any atom is 0.234 e. The first-order valence-corrected chi connectivity index (χ1v) is 10.6. The number of aromatic nitrogens is 3. The average Bonchev–Trinajstić information content (AvgIpc) is 3.12. The summed E-state index contributed by atoms with van der Waals surface area (Å²) in [5, 5.41) is 13.0. The standard InChI is InChI=1S/C21H24ClN5OS/c1-14-5-9-17(10-6-14)23-19(28)13-29-21-25-24-20(15(2)26(3)4)27(21)18-11-7-16(22)8-12-18/h5-12,15H,13H2,1-4H3,(H,23,28)/t15-/m1/s1. The third kappa shape index (κ3) is 5.38. The molecule has 0 spiro atoms. The number of nitrogens with one attached hydrogen (secondary N) is 1. The Bertz CT molecular complexity index is 970. The summed E-state index contributed by atoms with van der Waals surface area (Å²) in [5.41, 5.74) is 2.84. The molecular weight excluding hydrogens is 406 g/mol. The highest BCUT2D eigenvalue weighted by Crippen LogP contribution is 2.27. The van der Waals surface area contributed by atoms with Crippen LogP contribution in [0, 0.1) is 6.92 Å². The summed E-state index contributed by atoms with van der Waals surface area (Å²) in [4.78, 5) is 14.5. The van der Waals surface area contributed by atoms with Crippen molar-refractivity contribution in [1.82, 2.24) is 19.7 Å². The fourth-order valence-electron chi connectivity index (χ4n) is 2.67. The number of hydrogen-bond donors (Lipinski definition) is 1. The van der Waals surface area contributed by atoms with Gasteiger partial charge >= 0.3 is 0 Å². The van der Waals surface area contributed by atoms with Gasteiger partial charge in [0.1, 0.15) is 0 Å². The zero-order valence-corrected chi connectivity index (χ0v) is 18.5. The zero-order chi connectivity index (χ0) is 21.0. The molecule has 0 saturated heterocycles. The number of carbonyl (C=O) groups excluding carboxylic acids is 1. The van der Waals surface area contributed by atoms with Gasteiger partial charge in [-0.1, -0.05) is 41.1 Å². The van der Waals surface area contributed by atoms with Crippen LogP contribution in [0.1, 0.15) is 24.4 Å². The molecule has 6 nitrogen and oxygen atoms in total. The highest BCUT2D eigenvalue weighted by molar-refractivity contribution is 7.99. The molecule has 1 aromatic heterocycles. The monoisotopic (exact) mass is 429 g/mol. The molecule has 0 radical (unpaired) electrons. The first-order valence-electron chi connectivity index (χ1n) is 9.22. The van der Waals surface area contributed by atoms with Gasteiger partial charge in [-0.15, -0.1) is 10.2 Å². The van der Waals surface area contributed by atoms with Crippen LogP contribution in [-0.2, 0) is 4.79 Å². The van der Waals surface area contributed by atoms with Crippen LogP contribution in [0.3, 0.4) is 0 Å². The minimum Gasteiger partial charge on any atom is -0.325 e. The van der Waals surface area contributed by atoms with Crippen LogP contribution in [0.2, 0.25) is 5.02 Å². The maximum absolute atomic E-state index is 12.4. The summed E-state index contributed by atoms with van der Waals surface area (Å²) in [6.45, 7) is 4.08. The molecule has 1 heterocycles. The molecule has 1 amide bonds. The van der Waals surface area contributed by atoms with Gasteiger partial charge in [-0.25, -0.2) is 0 Å². The van der Waals surface area contributed by atoms with Gasteiger partial charge in [-0.3, -0.25) is 14.3 Å². The molecule has 1 atom stereocenters. The van der Waals surface area contributed by atoms with Crippen molar-refractivity contribution in [3.8, 4) is 5.69 Å². The summed E-state index contributed by atoms with van der Waals surface area (Å²) in [6, 6.07) is 15.3. The Morgan fingerprint density at radius 1 is 1.14 bits per heavy atom. The summed E-state index contributed by atoms with van der Waals surface area (Å²) in [5.74, 6) is 0.945. The van der Waals surface area contributed by atoms with Crippen molar-refractivity contribution in [2.75, 3.05) is 25.2 Å². The number of benzene rings is 2. The van der Waals surface area contributed by atoms with Gasteiger partial charge in [-0.2, -0.15) is 0 Å². The van der Waals surface area contributed by atoms with Crippen molar-refractivity contribution >= 4 is 35.0 Å². The SMILES string of the molecule is Cc1ccc(NC(=O)CSc2nnc([C@@H](C)N(C)C)n2-c2ccc(Cl)cc2)cc1. The number of halogens is 1. The third-order valence-electron chi connectivity index (χ3n) is 4.56. The van der Waals surface area contributed by atoms with Crippen molar-refractivity contribution in [3.63, 3.8) is 0 Å². The van der Waals surface area contributed by atoms with Gasteiger partial charge in [0, 0.05) is 16.4 Å². The molecule has 2 aromatic carbocycles. The summed E-state index contributed by atoms with van der Waals surface area (Å²) in [7, 11) is 3.99. The maximum atomic E-state index is 12.4. The fraction of sp³-hybridized carbons (Fsp3) is 0.286. The number of anilines is 1. The van der Waals surface area contributed by atoms with Crippen LogP contribution in [0.15, 0.2) is 53.7 Å². The van der Waals surface area contributed by atoms with Gasteiger partial charge in [0.2, 0.25) is 5.91 Å². The highest BCUT2D eigenvalue weighted by Gasteiger charge is 2.21. The average molecular weight is 430 g/mol. The molecule has 0 aliphatic rings. The second-order valence-electron chi connectivity index (χ2n) is 7.00. The van der Waals surface area contributed by atoms with E-state index < -0.39 is 0 Å². The van der Waals surface area contributed by atoms with Crippen LogP contribution in [-0.4, -0.2) is 45.4 Å². The molecule has 0 fully saturated rings. The molecule has 0 bridgehead atoms. The first kappa shape index (κ1) is 21.4. The number of thioether (sulfide) groups is 1. The van der Waals surface area contributed by atoms with E-state index in [4.69, 9.17) is 11.6 Å². The predicted molar refractivity (Wildman–Crippen MR) is 119 cm³/mol. The number of rotatable bonds is 7. The molecule has 8 heteroatoms. The Balaban J connectivity index is 1.80. The molecule has 0 unspecified atom stereocenters. The number of hydrogen-bond acceptors (Lipinski definition) is 5. The number of aryl methyl sites for hydroxylation is 1. The summed E-state index contributed by atoms with van der Waals surface area (Å²) in [6.07, 6.45) is 0. The highest BCUT2D eigenvalue weighted by atomic mass is 35.5. The molecule has 29 heavy (non-hydrogen) atoms. The lowest BCUT2D eigenvalue weighted by molar-refractivity contribution is -0.113. The molecular formula is C21H24ClN5OS. The van der Waals surface area contributed by atoms with Crippen LogP contribution in [0.5, 0.6) is 0 Å². The zero-order valence-electron chi connectivity index (χ0n) is 16.9. The van der Waals surface area contributed by atoms with E-state index in [0.717, 1.165) is 22.8 Å². The summed E-state index contributed by atoms with van der Waals surface area (Å²) < 4.78 is 1.98. The predicted octanol–water partition coefficient (Wildman–Crippen LogP) is 4.58. The van der Waals surface area contributed by atoms with E-state index in [9.17, 15) is 4.79 Å². The van der Waals surface area contributed by atoms with Crippen LogP contribution >= 0.6 is 23.4 Å². The largest absolute Gasteiger partial charge is 0.325 e. The van der Waals surface area contributed by atoms with Crippen LogP contribution in [0.25, 0.3) is 5.69 Å². The Morgan fingerprint density at radius 2 is 1.79 bits per heavy atom. The minimum absolute atomic E-state index is 0.0499. The van der Waals surface area contributed by atoms with Gasteiger partial charge in [0.25, 0.3) is 0 Å². The molecule has 3 aromatic rings. The number of carbonyl (C=O) groups is 1. The normalized spacial score (nSPS) is 12.2. The third-order valence-corrected chi connectivity index (χ3v) is 5.74. The molecule has 3 rings (SSSR count). The van der Waals surface area contributed by atoms with E-state index in [1.807, 2.05) is 74.1 Å². The van der Waals surface area contributed by atoms with E-state index in [1.165, 1.54) is 11.8 Å². The van der Waals surface area contributed by atoms with Gasteiger partial charge in [-0.05, 0) is 64.3 Å². The first-order chi connectivity index (χ1) is 13.8. The molecule has 0 saturated carbocycles. The van der Waals surface area contributed by atoms with Crippen molar-refractivity contribution in [3.05, 3.63) is 64.9 Å². The Labute approximate surface area is 180 Å². The Hall–Kier alpha value is -2.35. The summed E-state index contributed by atoms with van der Waals surface area (Å²) >= 11 is 7.40.